The average molecular weight is 421 g/mol. The van der Waals surface area contributed by atoms with Crippen LogP contribution in [0.4, 0.5) is 0 Å². The number of hydrogen-bond acceptors (Lipinski definition) is 2. The Labute approximate surface area is 127 Å². The van der Waals surface area contributed by atoms with Crippen LogP contribution in [0.2, 0.25) is 4.82 Å². The van der Waals surface area contributed by atoms with Crippen molar-refractivity contribution in [3.63, 3.8) is 0 Å². The summed E-state index contributed by atoms with van der Waals surface area (Å²) in [6.45, 7) is 2.08. The summed E-state index contributed by atoms with van der Waals surface area (Å²) in [6.07, 6.45) is 1.82. The number of carbonyl (C=O) groups is 1. The topological polar surface area (TPSA) is 26.3 Å². The Morgan fingerprint density at radius 2 is 2.22 bits per heavy atom. The molecule has 18 heavy (non-hydrogen) atoms. The third-order valence-corrected chi connectivity index (χ3v) is 6.39. The summed E-state index contributed by atoms with van der Waals surface area (Å²) in [6, 6.07) is 10.2. The van der Waals surface area contributed by atoms with E-state index in [2.05, 4.69) is 45.7 Å². The third-order valence-electron chi connectivity index (χ3n) is 2.78. The molecule has 1 aliphatic heterocycles. The second kappa shape index (κ2) is 6.73. The van der Waals surface area contributed by atoms with Crippen LogP contribution in [0.15, 0.2) is 40.0 Å². The van der Waals surface area contributed by atoms with E-state index in [-0.39, 0.29) is 31.8 Å². The summed E-state index contributed by atoms with van der Waals surface area (Å²) in [5, 5.41) is 0. The molecule has 0 spiro atoms. The van der Waals surface area contributed by atoms with Crippen LogP contribution >= 0.6 is 22.6 Å². The summed E-state index contributed by atoms with van der Waals surface area (Å²) >= 11 is 2.42. The van der Waals surface area contributed by atoms with Gasteiger partial charge in [0.25, 0.3) is 0 Å². The Bertz CT molecular complexity index is 444. The van der Waals surface area contributed by atoms with Gasteiger partial charge in [-0.3, -0.25) is 0 Å². The van der Waals surface area contributed by atoms with E-state index in [1.165, 1.54) is 10.0 Å². The molecule has 1 aliphatic rings. The fourth-order valence-electron chi connectivity index (χ4n) is 1.91. The second-order valence-electron chi connectivity index (χ2n) is 4.37. The molecule has 1 heterocycles. The number of esters is 1. The number of carbonyl (C=O) groups excluding carboxylic acids is 1. The van der Waals surface area contributed by atoms with Crippen molar-refractivity contribution in [2.75, 3.05) is 0 Å². The summed E-state index contributed by atoms with van der Waals surface area (Å²) in [5.41, 5.74) is 1.28. The molecule has 2 atom stereocenters. The van der Waals surface area contributed by atoms with E-state index in [1.807, 2.05) is 18.2 Å². The molecule has 0 aromatic heterocycles. The Morgan fingerprint density at radius 1 is 1.50 bits per heavy atom. The first-order chi connectivity index (χ1) is 8.69. The fraction of sp³-hybridized carbons (Fsp3) is 0.357. The van der Waals surface area contributed by atoms with Crippen LogP contribution in [0.5, 0.6) is 0 Å². The summed E-state index contributed by atoms with van der Waals surface area (Å²) in [7, 11) is 0. The van der Waals surface area contributed by atoms with Gasteiger partial charge < -0.3 is 0 Å². The molecular weight excluding hydrogens is 406 g/mol. The van der Waals surface area contributed by atoms with E-state index < -0.39 is 0 Å². The van der Waals surface area contributed by atoms with Gasteiger partial charge in [-0.1, -0.05) is 0 Å². The van der Waals surface area contributed by atoms with Crippen molar-refractivity contribution in [2.24, 2.45) is 0 Å². The van der Waals surface area contributed by atoms with Gasteiger partial charge in [0.05, 0.1) is 0 Å². The number of ether oxygens (including phenoxy) is 1. The van der Waals surface area contributed by atoms with Gasteiger partial charge in [-0.05, 0) is 0 Å². The van der Waals surface area contributed by atoms with E-state index in [4.69, 9.17) is 4.74 Å². The minimum atomic E-state index is -0.00916. The van der Waals surface area contributed by atoms with Gasteiger partial charge in [-0.25, -0.2) is 0 Å². The van der Waals surface area contributed by atoms with Crippen LogP contribution in [-0.2, 0) is 9.53 Å². The number of benzene rings is 1. The van der Waals surface area contributed by atoms with Crippen LogP contribution in [0.25, 0.3) is 0 Å². The number of hydrogen-bond donors (Lipinski definition) is 0. The summed E-state index contributed by atoms with van der Waals surface area (Å²) in [5.74, 6) is -0.00916. The first-order valence-electron chi connectivity index (χ1n) is 5.87. The molecule has 1 fully saturated rings. The van der Waals surface area contributed by atoms with Gasteiger partial charge in [0.2, 0.25) is 0 Å². The third kappa shape index (κ3) is 3.84. The van der Waals surface area contributed by atoms with Crippen molar-refractivity contribution >= 4 is 48.0 Å². The van der Waals surface area contributed by atoms with Crippen molar-refractivity contribution in [1.82, 2.24) is 0 Å². The molecule has 2 rings (SSSR count). The normalized spacial score (nSPS) is 24.1. The van der Waals surface area contributed by atoms with Gasteiger partial charge >= 0.3 is 128 Å². The standard InChI is InChI=1S/C14H15IO2Se/c1-10(9-15)7-11-8-13(14(16)17-11)18-12-5-3-2-4-6-12/h2-6,9,11,13H,7-8H2,1H3/b10-9+/t11-,13?/m0/s1. The zero-order valence-electron chi connectivity index (χ0n) is 10.1. The average Bonchev–Trinajstić information content (AvgIpc) is 2.71. The zero-order valence-corrected chi connectivity index (χ0v) is 14.0. The molecule has 2 nitrogen and oxygen atoms in total. The van der Waals surface area contributed by atoms with Crippen LogP contribution < -0.4 is 4.46 Å². The van der Waals surface area contributed by atoms with Crippen LogP contribution in [0.3, 0.4) is 0 Å². The van der Waals surface area contributed by atoms with Crippen molar-refractivity contribution in [2.45, 2.75) is 30.7 Å². The molecule has 0 radical (unpaired) electrons. The number of halogens is 1. The Kier molecular flexibility index (Phi) is 5.27. The molecule has 0 N–H and O–H groups in total. The van der Waals surface area contributed by atoms with Crippen molar-refractivity contribution in [3.05, 3.63) is 40.0 Å². The Balaban J connectivity index is 1.93. The van der Waals surface area contributed by atoms with Crippen LogP contribution in [0, 0.1) is 0 Å². The molecule has 0 saturated carbocycles. The first kappa shape index (κ1) is 14.1. The minimum absolute atomic E-state index is 0.00916. The maximum atomic E-state index is 11.8. The zero-order chi connectivity index (χ0) is 13.0. The summed E-state index contributed by atoms with van der Waals surface area (Å²) < 4.78 is 8.78. The Hall–Kier alpha value is -0.321. The van der Waals surface area contributed by atoms with Gasteiger partial charge in [-0.15, -0.1) is 0 Å². The van der Waals surface area contributed by atoms with Crippen LogP contribution in [-0.4, -0.2) is 27.0 Å². The van der Waals surface area contributed by atoms with Gasteiger partial charge in [0.15, 0.2) is 0 Å². The molecule has 1 aromatic rings. The SMILES string of the molecule is C/C(=C\I)C[C@H]1CC([Se]c2ccccc2)C(=O)O1. The predicted molar refractivity (Wildman–Crippen MR) is 82.5 cm³/mol. The van der Waals surface area contributed by atoms with E-state index in [9.17, 15) is 4.79 Å². The molecule has 0 bridgehead atoms. The summed E-state index contributed by atoms with van der Waals surface area (Å²) in [4.78, 5) is 11.9. The van der Waals surface area contributed by atoms with Gasteiger partial charge in [0.1, 0.15) is 0 Å². The van der Waals surface area contributed by atoms with Gasteiger partial charge in [0, 0.05) is 0 Å². The maximum absolute atomic E-state index is 11.8. The molecule has 4 heteroatoms. The molecule has 0 amide bonds. The fourth-order valence-corrected chi connectivity index (χ4v) is 4.49. The van der Waals surface area contributed by atoms with Crippen molar-refractivity contribution < 1.29 is 9.53 Å². The predicted octanol–water partition coefficient (Wildman–Crippen LogP) is 2.85. The van der Waals surface area contributed by atoms with E-state index in [1.54, 1.807) is 0 Å². The first-order valence-corrected chi connectivity index (χ1v) is 8.96. The number of rotatable bonds is 4. The van der Waals surface area contributed by atoms with Crippen molar-refractivity contribution in [1.29, 1.82) is 0 Å². The van der Waals surface area contributed by atoms with Crippen LogP contribution in [0.1, 0.15) is 19.8 Å². The molecule has 1 aromatic carbocycles. The molecule has 0 aliphatic carbocycles. The molecule has 1 unspecified atom stereocenters. The quantitative estimate of drug-likeness (QED) is 0.425. The molecular formula is C14H15IO2Se. The van der Waals surface area contributed by atoms with E-state index >= 15 is 0 Å². The van der Waals surface area contributed by atoms with Crippen molar-refractivity contribution in [3.8, 4) is 0 Å². The second-order valence-corrected chi connectivity index (χ2v) is 7.67. The number of cyclic esters (lactones) is 1. The molecule has 96 valence electrons. The monoisotopic (exact) mass is 422 g/mol. The van der Waals surface area contributed by atoms with E-state index in [0.29, 0.717) is 0 Å². The molecule has 1 saturated heterocycles. The van der Waals surface area contributed by atoms with E-state index in [0.717, 1.165) is 12.8 Å². The Morgan fingerprint density at radius 3 is 2.89 bits per heavy atom. The van der Waals surface area contributed by atoms with Gasteiger partial charge in [-0.2, -0.15) is 0 Å².